The Bertz CT molecular complexity index is 147. The summed E-state index contributed by atoms with van der Waals surface area (Å²) < 4.78 is 0. The second-order valence-corrected chi connectivity index (χ2v) is 3.74. The molecule has 2 atom stereocenters. The number of ketones is 1. The molecule has 2 bridgehead atoms. The lowest BCUT2D eigenvalue weighted by Gasteiger charge is -2.20. The summed E-state index contributed by atoms with van der Waals surface area (Å²) in [4.78, 5) is 11.3. The third-order valence-corrected chi connectivity index (χ3v) is 3.03. The van der Waals surface area contributed by atoms with E-state index in [2.05, 4.69) is 0 Å². The maximum absolute atomic E-state index is 11.3. The van der Waals surface area contributed by atoms with Crippen molar-refractivity contribution in [1.82, 2.24) is 0 Å². The fraction of sp³-hybridized carbons (Fsp3) is 0.889. The maximum Gasteiger partial charge on any atom is 0.136 e. The van der Waals surface area contributed by atoms with Gasteiger partial charge in [0.1, 0.15) is 5.78 Å². The molecule has 0 aliphatic heterocycles. The Labute approximate surface area is 61.8 Å². The number of hydrogen-bond acceptors (Lipinski definition) is 1. The Morgan fingerprint density at radius 3 is 2.80 bits per heavy atom. The van der Waals surface area contributed by atoms with Gasteiger partial charge in [-0.1, -0.05) is 12.8 Å². The van der Waals surface area contributed by atoms with Crippen molar-refractivity contribution in [2.24, 2.45) is 11.8 Å². The first kappa shape index (κ1) is 6.38. The van der Waals surface area contributed by atoms with Crippen LogP contribution < -0.4 is 0 Å². The molecular formula is C9H14O. The van der Waals surface area contributed by atoms with E-state index < -0.39 is 0 Å². The summed E-state index contributed by atoms with van der Waals surface area (Å²) in [6.07, 6.45) is 7.25. The molecular weight excluding hydrogens is 124 g/mol. The van der Waals surface area contributed by atoms with Crippen LogP contribution >= 0.6 is 0 Å². The highest BCUT2D eigenvalue weighted by atomic mass is 16.1. The molecule has 2 unspecified atom stereocenters. The van der Waals surface area contributed by atoms with Crippen molar-refractivity contribution in [3.8, 4) is 0 Å². The Morgan fingerprint density at radius 2 is 2.00 bits per heavy atom. The van der Waals surface area contributed by atoms with Crippen molar-refractivity contribution in [3.05, 3.63) is 0 Å². The van der Waals surface area contributed by atoms with E-state index in [0.29, 0.717) is 11.7 Å². The molecule has 3 aliphatic carbocycles. The molecule has 0 spiro atoms. The molecule has 0 N–H and O–H groups in total. The van der Waals surface area contributed by atoms with Crippen LogP contribution in [0.5, 0.6) is 0 Å². The van der Waals surface area contributed by atoms with Crippen molar-refractivity contribution in [2.45, 2.75) is 38.5 Å². The summed E-state index contributed by atoms with van der Waals surface area (Å²) in [6, 6.07) is 0. The van der Waals surface area contributed by atoms with Crippen LogP contribution in [0.3, 0.4) is 0 Å². The van der Waals surface area contributed by atoms with Gasteiger partial charge in [0.15, 0.2) is 0 Å². The molecule has 0 saturated heterocycles. The summed E-state index contributed by atoms with van der Waals surface area (Å²) in [5.74, 6) is 1.80. The first-order chi connectivity index (χ1) is 4.86. The fourth-order valence-electron chi connectivity index (χ4n) is 2.36. The van der Waals surface area contributed by atoms with Gasteiger partial charge in [-0.3, -0.25) is 4.79 Å². The zero-order valence-corrected chi connectivity index (χ0v) is 6.31. The average molecular weight is 138 g/mol. The third-order valence-electron chi connectivity index (χ3n) is 3.03. The van der Waals surface area contributed by atoms with E-state index in [0.717, 1.165) is 12.3 Å². The first-order valence-electron chi connectivity index (χ1n) is 4.39. The average Bonchev–Trinajstić information content (AvgIpc) is 2.20. The largest absolute Gasteiger partial charge is 0.299 e. The second kappa shape index (κ2) is 2.37. The third kappa shape index (κ3) is 0.979. The van der Waals surface area contributed by atoms with Crippen molar-refractivity contribution in [3.63, 3.8) is 0 Å². The van der Waals surface area contributed by atoms with Gasteiger partial charge in [0.05, 0.1) is 0 Å². The van der Waals surface area contributed by atoms with Gasteiger partial charge in [0.2, 0.25) is 0 Å². The molecule has 1 nitrogen and oxygen atoms in total. The number of carbonyl (C=O) groups is 1. The number of fused-ring (bicyclic) bond motifs is 4. The first-order valence-corrected chi connectivity index (χ1v) is 4.39. The van der Waals surface area contributed by atoms with Crippen LogP contribution in [0.1, 0.15) is 38.5 Å². The highest BCUT2D eigenvalue weighted by molar-refractivity contribution is 5.82. The molecule has 0 aromatic rings. The zero-order chi connectivity index (χ0) is 6.97. The second-order valence-electron chi connectivity index (χ2n) is 3.74. The van der Waals surface area contributed by atoms with E-state index in [1.54, 1.807) is 0 Å². The molecule has 0 aromatic heterocycles. The van der Waals surface area contributed by atoms with Crippen LogP contribution in [-0.2, 0) is 4.79 Å². The molecule has 10 heavy (non-hydrogen) atoms. The van der Waals surface area contributed by atoms with Crippen molar-refractivity contribution in [1.29, 1.82) is 0 Å². The van der Waals surface area contributed by atoms with Crippen molar-refractivity contribution >= 4 is 5.78 Å². The molecule has 0 aromatic carbocycles. The predicted molar refractivity (Wildman–Crippen MR) is 39.7 cm³/mol. The molecule has 3 saturated carbocycles. The SMILES string of the molecule is O=C1CC2CCCC1CC2. The molecule has 3 fully saturated rings. The van der Waals surface area contributed by atoms with Crippen molar-refractivity contribution < 1.29 is 4.79 Å². The van der Waals surface area contributed by atoms with Gasteiger partial charge in [-0.05, 0) is 25.2 Å². The molecule has 0 radical (unpaired) electrons. The minimum Gasteiger partial charge on any atom is -0.299 e. The van der Waals surface area contributed by atoms with E-state index in [1.165, 1.54) is 32.1 Å². The molecule has 3 rings (SSSR count). The fourth-order valence-corrected chi connectivity index (χ4v) is 2.36. The maximum atomic E-state index is 11.3. The lowest BCUT2D eigenvalue weighted by Crippen LogP contribution is -2.20. The number of rotatable bonds is 0. The van der Waals surface area contributed by atoms with E-state index in [9.17, 15) is 4.79 Å². The number of carbonyl (C=O) groups excluding carboxylic acids is 1. The normalized spacial score (nSPS) is 39.8. The lowest BCUT2D eigenvalue weighted by molar-refractivity contribution is -0.125. The quantitative estimate of drug-likeness (QED) is 0.501. The molecule has 0 heterocycles. The summed E-state index contributed by atoms with van der Waals surface area (Å²) in [7, 11) is 0. The van der Waals surface area contributed by atoms with Crippen LogP contribution in [0.4, 0.5) is 0 Å². The van der Waals surface area contributed by atoms with E-state index in [-0.39, 0.29) is 0 Å². The molecule has 0 amide bonds. The van der Waals surface area contributed by atoms with Crippen LogP contribution in [0.15, 0.2) is 0 Å². The summed E-state index contributed by atoms with van der Waals surface area (Å²) in [6.45, 7) is 0. The zero-order valence-electron chi connectivity index (χ0n) is 6.31. The highest BCUT2D eigenvalue weighted by Crippen LogP contribution is 2.36. The molecule has 56 valence electrons. The minimum absolute atomic E-state index is 0.471. The minimum atomic E-state index is 0.471. The van der Waals surface area contributed by atoms with Gasteiger partial charge in [-0.2, -0.15) is 0 Å². The highest BCUT2D eigenvalue weighted by Gasteiger charge is 2.30. The summed E-state index contributed by atoms with van der Waals surface area (Å²) in [5.41, 5.74) is 0. The van der Waals surface area contributed by atoms with Gasteiger partial charge in [0, 0.05) is 12.3 Å². The van der Waals surface area contributed by atoms with E-state index >= 15 is 0 Å². The topological polar surface area (TPSA) is 17.1 Å². The van der Waals surface area contributed by atoms with Gasteiger partial charge in [0.25, 0.3) is 0 Å². The molecule has 1 heteroatoms. The van der Waals surface area contributed by atoms with Gasteiger partial charge < -0.3 is 0 Å². The van der Waals surface area contributed by atoms with Crippen LogP contribution in [0.25, 0.3) is 0 Å². The monoisotopic (exact) mass is 138 g/mol. The van der Waals surface area contributed by atoms with Crippen molar-refractivity contribution in [2.75, 3.05) is 0 Å². The standard InChI is InChI=1S/C9H14O/c10-9-6-7-2-1-3-8(9)5-4-7/h7-8H,1-6H2. The van der Waals surface area contributed by atoms with E-state index in [4.69, 9.17) is 0 Å². The lowest BCUT2D eigenvalue weighted by atomic mass is 9.83. The van der Waals surface area contributed by atoms with Crippen LogP contribution in [-0.4, -0.2) is 5.78 Å². The van der Waals surface area contributed by atoms with E-state index in [1.807, 2.05) is 0 Å². The van der Waals surface area contributed by atoms with Gasteiger partial charge >= 0.3 is 0 Å². The Kier molecular flexibility index (Phi) is 1.51. The van der Waals surface area contributed by atoms with Gasteiger partial charge in [-0.15, -0.1) is 0 Å². The van der Waals surface area contributed by atoms with Gasteiger partial charge in [-0.25, -0.2) is 0 Å². The van der Waals surface area contributed by atoms with Crippen LogP contribution in [0.2, 0.25) is 0 Å². The van der Waals surface area contributed by atoms with Crippen LogP contribution in [0, 0.1) is 11.8 Å². The Balaban J connectivity index is 2.15. The molecule has 3 aliphatic rings. The number of Topliss-reactive ketones (excluding diaryl/α,β-unsaturated/α-hetero) is 1. The smallest absolute Gasteiger partial charge is 0.136 e. The Morgan fingerprint density at radius 1 is 1.10 bits per heavy atom. The number of hydrogen-bond donors (Lipinski definition) is 0. The summed E-state index contributed by atoms with van der Waals surface area (Å²) >= 11 is 0. The summed E-state index contributed by atoms with van der Waals surface area (Å²) in [5, 5.41) is 0. The predicted octanol–water partition coefficient (Wildman–Crippen LogP) is 2.16. The Hall–Kier alpha value is -0.330.